The summed E-state index contributed by atoms with van der Waals surface area (Å²) in [6, 6.07) is 6.49. The van der Waals surface area contributed by atoms with Crippen LogP contribution in [0.15, 0.2) is 24.3 Å². The number of rotatable bonds is 4. The van der Waals surface area contributed by atoms with Crippen molar-refractivity contribution in [2.24, 2.45) is 5.73 Å². The smallest absolute Gasteiger partial charge is 0.282 e. The molecule has 3 N–H and O–H groups in total. The lowest BCUT2D eigenvalue weighted by Gasteiger charge is -2.15. The van der Waals surface area contributed by atoms with Crippen LogP contribution in [0.2, 0.25) is 0 Å². The van der Waals surface area contributed by atoms with E-state index in [-0.39, 0.29) is 23.3 Å². The first-order valence-electron chi connectivity index (χ1n) is 5.68. The van der Waals surface area contributed by atoms with Gasteiger partial charge in [0.05, 0.1) is 11.3 Å². The normalized spacial score (nSPS) is 14.5. The number of thioether (sulfide) groups is 1. The molecule has 2 rings (SSSR count). The number of hydrogen-bond acceptors (Lipinski definition) is 4. The summed E-state index contributed by atoms with van der Waals surface area (Å²) in [7, 11) is 0. The van der Waals surface area contributed by atoms with Gasteiger partial charge in [-0.25, -0.2) is 0 Å². The van der Waals surface area contributed by atoms with Crippen molar-refractivity contribution >= 4 is 34.5 Å². The van der Waals surface area contributed by atoms with Gasteiger partial charge in [-0.3, -0.25) is 14.4 Å². The SMILES string of the molecule is NC(=O)c1ccccc1NC(=O)CN1CCSC1=O. The predicted molar refractivity (Wildman–Crippen MR) is 73.0 cm³/mol. The first-order chi connectivity index (χ1) is 9.08. The second-order valence-electron chi connectivity index (χ2n) is 3.99. The molecule has 1 aromatic rings. The maximum absolute atomic E-state index is 11.8. The van der Waals surface area contributed by atoms with Crippen LogP contribution >= 0.6 is 11.8 Å². The monoisotopic (exact) mass is 279 g/mol. The molecule has 0 radical (unpaired) electrons. The number of nitrogens with two attached hydrogens (primary N) is 1. The summed E-state index contributed by atoms with van der Waals surface area (Å²) in [5.74, 6) is -0.252. The van der Waals surface area contributed by atoms with Gasteiger partial charge in [0.2, 0.25) is 5.91 Å². The van der Waals surface area contributed by atoms with Crippen LogP contribution in [0, 0.1) is 0 Å². The summed E-state index contributed by atoms with van der Waals surface area (Å²) in [6.07, 6.45) is 0. The van der Waals surface area contributed by atoms with Crippen molar-refractivity contribution in [1.82, 2.24) is 4.90 Å². The Hall–Kier alpha value is -2.02. The van der Waals surface area contributed by atoms with Gasteiger partial charge in [0, 0.05) is 12.3 Å². The maximum atomic E-state index is 11.8. The fourth-order valence-corrected chi connectivity index (χ4v) is 2.56. The molecule has 0 atom stereocenters. The molecule has 6 nitrogen and oxygen atoms in total. The Morgan fingerprint density at radius 2 is 2.11 bits per heavy atom. The predicted octanol–water partition coefficient (Wildman–Crippen LogP) is 0.893. The highest BCUT2D eigenvalue weighted by atomic mass is 32.2. The van der Waals surface area contributed by atoms with Crippen LogP contribution in [0.25, 0.3) is 0 Å². The van der Waals surface area contributed by atoms with Crippen molar-refractivity contribution in [1.29, 1.82) is 0 Å². The highest BCUT2D eigenvalue weighted by Crippen LogP contribution is 2.18. The molecule has 0 aliphatic carbocycles. The fourth-order valence-electron chi connectivity index (χ4n) is 1.74. The van der Waals surface area contributed by atoms with E-state index in [4.69, 9.17) is 5.73 Å². The zero-order valence-corrected chi connectivity index (χ0v) is 10.9. The van der Waals surface area contributed by atoms with Gasteiger partial charge in [-0.1, -0.05) is 23.9 Å². The number of nitrogens with zero attached hydrogens (tertiary/aromatic N) is 1. The molecule has 0 aromatic heterocycles. The summed E-state index contributed by atoms with van der Waals surface area (Å²) >= 11 is 1.19. The fraction of sp³-hybridized carbons (Fsp3) is 0.250. The first-order valence-corrected chi connectivity index (χ1v) is 6.67. The van der Waals surface area contributed by atoms with E-state index in [0.717, 1.165) is 0 Å². The molecule has 100 valence electrons. The second-order valence-corrected chi connectivity index (χ2v) is 5.04. The molecular formula is C12H13N3O3S. The van der Waals surface area contributed by atoms with Gasteiger partial charge in [0.15, 0.2) is 0 Å². The number of hydrogen-bond donors (Lipinski definition) is 2. The maximum Gasteiger partial charge on any atom is 0.282 e. The average molecular weight is 279 g/mol. The van der Waals surface area contributed by atoms with E-state index in [1.807, 2.05) is 0 Å². The minimum absolute atomic E-state index is 0.0150. The van der Waals surface area contributed by atoms with E-state index in [2.05, 4.69) is 5.32 Å². The zero-order chi connectivity index (χ0) is 13.8. The largest absolute Gasteiger partial charge is 0.366 e. The van der Waals surface area contributed by atoms with E-state index in [0.29, 0.717) is 18.0 Å². The summed E-state index contributed by atoms with van der Waals surface area (Å²) in [5, 5.41) is 2.50. The summed E-state index contributed by atoms with van der Waals surface area (Å²) in [4.78, 5) is 35.9. The highest BCUT2D eigenvalue weighted by Gasteiger charge is 2.23. The molecular weight excluding hydrogens is 266 g/mol. The van der Waals surface area contributed by atoms with E-state index in [9.17, 15) is 14.4 Å². The van der Waals surface area contributed by atoms with E-state index in [1.165, 1.54) is 22.7 Å². The Kier molecular flexibility index (Phi) is 4.06. The van der Waals surface area contributed by atoms with Gasteiger partial charge in [0.25, 0.3) is 11.1 Å². The number of amides is 3. The van der Waals surface area contributed by atoms with Gasteiger partial charge in [-0.2, -0.15) is 0 Å². The molecule has 3 amide bonds. The number of anilines is 1. The zero-order valence-electron chi connectivity index (χ0n) is 10.1. The van der Waals surface area contributed by atoms with E-state index in [1.54, 1.807) is 18.2 Å². The summed E-state index contributed by atoms with van der Waals surface area (Å²) in [5.41, 5.74) is 5.83. The number of nitrogens with one attached hydrogen (secondary N) is 1. The topological polar surface area (TPSA) is 92.5 Å². The van der Waals surface area contributed by atoms with Crippen molar-refractivity contribution in [3.63, 3.8) is 0 Å². The Labute approximate surface area is 114 Å². The van der Waals surface area contributed by atoms with Crippen molar-refractivity contribution in [3.8, 4) is 0 Å². The van der Waals surface area contributed by atoms with Gasteiger partial charge >= 0.3 is 0 Å². The molecule has 1 aliphatic rings. The highest BCUT2D eigenvalue weighted by molar-refractivity contribution is 8.13. The van der Waals surface area contributed by atoms with Crippen molar-refractivity contribution in [3.05, 3.63) is 29.8 Å². The van der Waals surface area contributed by atoms with Crippen molar-refractivity contribution < 1.29 is 14.4 Å². The molecule has 0 unspecified atom stereocenters. The van der Waals surface area contributed by atoms with Gasteiger partial charge in [-0.05, 0) is 12.1 Å². The van der Waals surface area contributed by atoms with Crippen LogP contribution in [0.3, 0.4) is 0 Å². The van der Waals surface area contributed by atoms with Crippen molar-refractivity contribution in [2.75, 3.05) is 24.2 Å². The van der Waals surface area contributed by atoms with E-state index >= 15 is 0 Å². The Bertz CT molecular complexity index is 533. The molecule has 1 fully saturated rings. The second kappa shape index (κ2) is 5.75. The Morgan fingerprint density at radius 1 is 1.37 bits per heavy atom. The third-order valence-corrected chi connectivity index (χ3v) is 3.54. The lowest BCUT2D eigenvalue weighted by atomic mass is 10.1. The quantitative estimate of drug-likeness (QED) is 0.856. The first kappa shape index (κ1) is 13.4. The molecule has 1 heterocycles. The lowest BCUT2D eigenvalue weighted by molar-refractivity contribution is -0.116. The number of carbonyl (C=O) groups is 3. The van der Waals surface area contributed by atoms with Crippen LogP contribution < -0.4 is 11.1 Å². The third-order valence-electron chi connectivity index (χ3n) is 2.65. The summed E-state index contributed by atoms with van der Waals surface area (Å²) in [6.45, 7) is 0.549. The molecule has 1 aromatic carbocycles. The van der Waals surface area contributed by atoms with Crippen LogP contribution in [0.5, 0.6) is 0 Å². The number of carbonyl (C=O) groups excluding carboxylic acids is 3. The number of para-hydroxylation sites is 1. The molecule has 1 aliphatic heterocycles. The minimum atomic E-state index is -0.608. The number of benzene rings is 1. The number of primary amides is 1. The van der Waals surface area contributed by atoms with Crippen LogP contribution in [0.1, 0.15) is 10.4 Å². The average Bonchev–Trinajstić information content (AvgIpc) is 2.75. The van der Waals surface area contributed by atoms with Crippen LogP contribution in [0.4, 0.5) is 10.5 Å². The van der Waals surface area contributed by atoms with Gasteiger partial charge < -0.3 is 16.0 Å². The summed E-state index contributed by atoms with van der Waals surface area (Å²) < 4.78 is 0. The molecule has 0 bridgehead atoms. The molecule has 0 spiro atoms. The molecule has 0 saturated carbocycles. The van der Waals surface area contributed by atoms with Crippen LogP contribution in [-0.2, 0) is 4.79 Å². The molecule has 1 saturated heterocycles. The third kappa shape index (κ3) is 3.25. The lowest BCUT2D eigenvalue weighted by Crippen LogP contribution is -2.33. The van der Waals surface area contributed by atoms with Gasteiger partial charge in [-0.15, -0.1) is 0 Å². The Balaban J connectivity index is 2.03. The Morgan fingerprint density at radius 3 is 2.74 bits per heavy atom. The standard InChI is InChI=1S/C12H13N3O3S/c13-11(17)8-3-1-2-4-9(8)14-10(16)7-15-5-6-19-12(15)18/h1-4H,5-7H2,(H2,13,17)(H,14,16). The minimum Gasteiger partial charge on any atom is -0.366 e. The molecule has 7 heteroatoms. The van der Waals surface area contributed by atoms with Crippen molar-refractivity contribution in [2.45, 2.75) is 0 Å². The van der Waals surface area contributed by atoms with Crippen LogP contribution in [-0.4, -0.2) is 40.8 Å². The molecule has 19 heavy (non-hydrogen) atoms. The van der Waals surface area contributed by atoms with Gasteiger partial charge in [0.1, 0.15) is 6.54 Å². The van der Waals surface area contributed by atoms with E-state index < -0.39 is 5.91 Å².